The van der Waals surface area contributed by atoms with Gasteiger partial charge in [-0.3, -0.25) is 4.79 Å². The number of hydrogen-bond donors (Lipinski definition) is 0. The van der Waals surface area contributed by atoms with Crippen LogP contribution in [0.25, 0.3) is 0 Å². The average molecular weight is 251 g/mol. The van der Waals surface area contributed by atoms with Gasteiger partial charge in [-0.05, 0) is 6.42 Å². The van der Waals surface area contributed by atoms with Gasteiger partial charge < -0.3 is 3.83 Å². The maximum Gasteiger partial charge on any atom is 0.317 e. The second kappa shape index (κ2) is 10.0. The Bertz CT molecular complexity index is 126. The first-order valence-corrected chi connectivity index (χ1v) is 5.77. The summed E-state index contributed by atoms with van der Waals surface area (Å²) in [5.74, 6) is -0.159. The van der Waals surface area contributed by atoms with Crippen molar-refractivity contribution < 1.29 is 8.62 Å². The van der Waals surface area contributed by atoms with Gasteiger partial charge in [0, 0.05) is 6.42 Å². The average Bonchev–Trinajstić information content (AvgIpc) is 2.16. The molecule has 0 radical (unpaired) electrons. The molecule has 0 aliphatic carbocycles. The molecule has 0 bridgehead atoms. The van der Waals surface area contributed by atoms with Crippen molar-refractivity contribution in [3.63, 3.8) is 0 Å². The third-order valence-electron chi connectivity index (χ3n) is 2.07. The molecule has 3 heteroatoms. The molecule has 0 amide bonds. The molecule has 2 nitrogen and oxygen atoms in total. The van der Waals surface area contributed by atoms with Gasteiger partial charge in [-0.25, -0.2) is 0 Å². The van der Waals surface area contributed by atoms with Gasteiger partial charge in [0.15, 0.2) is 16.3 Å². The molecule has 0 spiro atoms. The van der Waals surface area contributed by atoms with E-state index < -0.39 is 0 Å². The van der Waals surface area contributed by atoms with Crippen LogP contribution in [0.3, 0.4) is 0 Å². The van der Waals surface area contributed by atoms with E-state index in [1.54, 1.807) is 0 Å². The number of carbonyl (C=O) groups is 1. The first-order chi connectivity index (χ1) is 6.31. The second-order valence-electron chi connectivity index (χ2n) is 3.32. The number of carbonyl (C=O) groups excluding carboxylic acids is 1. The topological polar surface area (TPSA) is 26.3 Å². The quantitative estimate of drug-likeness (QED) is 0.610. The molecule has 0 saturated carbocycles. The highest BCUT2D eigenvalue weighted by molar-refractivity contribution is 9.06. The van der Waals surface area contributed by atoms with E-state index in [0.717, 1.165) is 12.8 Å². The normalized spacial score (nSPS) is 10.0. The SMILES string of the molecule is CCCCCCCCCC(=O)OBr. The molecule has 0 aliphatic rings. The van der Waals surface area contributed by atoms with Gasteiger partial charge in [-0.2, -0.15) is 0 Å². The maximum atomic E-state index is 10.7. The Morgan fingerprint density at radius 1 is 1.08 bits per heavy atom. The van der Waals surface area contributed by atoms with E-state index in [1.165, 1.54) is 32.1 Å². The Kier molecular flexibility index (Phi) is 10.00. The highest BCUT2D eigenvalue weighted by Gasteiger charge is 1.99. The Balaban J connectivity index is 2.95. The molecule has 0 rings (SSSR count). The standard InChI is InChI=1S/C10H19BrO2/c1-2-3-4-5-6-7-8-9-10(12)13-11/h2-9H2,1H3. The van der Waals surface area contributed by atoms with Crippen LogP contribution in [0, 0.1) is 0 Å². The summed E-state index contributed by atoms with van der Waals surface area (Å²) in [6.45, 7) is 2.21. The minimum atomic E-state index is -0.159. The van der Waals surface area contributed by atoms with Crippen LogP contribution in [-0.4, -0.2) is 5.97 Å². The summed E-state index contributed by atoms with van der Waals surface area (Å²) in [4.78, 5) is 10.7. The lowest BCUT2D eigenvalue weighted by molar-refractivity contribution is -0.132. The molecule has 0 aromatic rings. The van der Waals surface area contributed by atoms with Crippen LogP contribution >= 0.6 is 16.3 Å². The van der Waals surface area contributed by atoms with Gasteiger partial charge in [0.25, 0.3) is 0 Å². The fourth-order valence-corrected chi connectivity index (χ4v) is 1.43. The van der Waals surface area contributed by atoms with Crippen LogP contribution in [0.4, 0.5) is 0 Å². The zero-order valence-corrected chi connectivity index (χ0v) is 9.94. The Morgan fingerprint density at radius 2 is 1.62 bits per heavy atom. The van der Waals surface area contributed by atoms with Crippen molar-refractivity contribution in [1.82, 2.24) is 0 Å². The van der Waals surface area contributed by atoms with Crippen LogP contribution < -0.4 is 0 Å². The van der Waals surface area contributed by atoms with Gasteiger partial charge in [0.2, 0.25) is 0 Å². The summed E-state index contributed by atoms with van der Waals surface area (Å²) in [7, 11) is 0. The van der Waals surface area contributed by atoms with E-state index in [2.05, 4.69) is 27.0 Å². The van der Waals surface area contributed by atoms with E-state index in [4.69, 9.17) is 0 Å². The van der Waals surface area contributed by atoms with Crippen molar-refractivity contribution in [2.24, 2.45) is 0 Å². The molecule has 0 atom stereocenters. The largest absolute Gasteiger partial charge is 0.384 e. The number of rotatable bonds is 8. The molecular weight excluding hydrogens is 232 g/mol. The van der Waals surface area contributed by atoms with Crippen LogP contribution in [0.2, 0.25) is 0 Å². The van der Waals surface area contributed by atoms with Crippen molar-refractivity contribution in [3.8, 4) is 0 Å². The van der Waals surface area contributed by atoms with Gasteiger partial charge in [-0.1, -0.05) is 45.4 Å². The molecular formula is C10H19BrO2. The highest BCUT2D eigenvalue weighted by atomic mass is 79.9. The minimum Gasteiger partial charge on any atom is -0.384 e. The van der Waals surface area contributed by atoms with E-state index in [0.29, 0.717) is 6.42 Å². The predicted molar refractivity (Wildman–Crippen MR) is 57.6 cm³/mol. The molecule has 0 aromatic heterocycles. The fraction of sp³-hybridized carbons (Fsp3) is 0.900. The van der Waals surface area contributed by atoms with E-state index in [1.807, 2.05) is 0 Å². The highest BCUT2D eigenvalue weighted by Crippen LogP contribution is 2.09. The van der Waals surface area contributed by atoms with Gasteiger partial charge in [-0.15, -0.1) is 0 Å². The molecule has 0 unspecified atom stereocenters. The summed E-state index contributed by atoms with van der Waals surface area (Å²) < 4.78 is 4.37. The number of hydrogen-bond acceptors (Lipinski definition) is 2. The van der Waals surface area contributed by atoms with E-state index in [9.17, 15) is 4.79 Å². The summed E-state index contributed by atoms with van der Waals surface area (Å²) in [5, 5.41) is 0. The predicted octanol–water partition coefficient (Wildman–Crippen LogP) is 3.98. The molecule has 13 heavy (non-hydrogen) atoms. The van der Waals surface area contributed by atoms with Crippen LogP contribution in [0.15, 0.2) is 0 Å². The zero-order valence-electron chi connectivity index (χ0n) is 8.35. The molecule has 0 N–H and O–H groups in total. The smallest absolute Gasteiger partial charge is 0.317 e. The fourth-order valence-electron chi connectivity index (χ4n) is 1.27. The first kappa shape index (κ1) is 12.9. The zero-order chi connectivity index (χ0) is 9.94. The molecule has 0 aromatic carbocycles. The first-order valence-electron chi connectivity index (χ1n) is 5.12. The third kappa shape index (κ3) is 9.87. The van der Waals surface area contributed by atoms with Crippen molar-refractivity contribution in [1.29, 1.82) is 0 Å². The lowest BCUT2D eigenvalue weighted by Gasteiger charge is -1.99. The van der Waals surface area contributed by atoms with Crippen LogP contribution in [0.1, 0.15) is 58.3 Å². The molecule has 78 valence electrons. The molecule has 0 aliphatic heterocycles. The summed E-state index contributed by atoms with van der Waals surface area (Å²) in [6, 6.07) is 0. The van der Waals surface area contributed by atoms with Crippen molar-refractivity contribution in [2.45, 2.75) is 58.3 Å². The van der Waals surface area contributed by atoms with E-state index >= 15 is 0 Å². The van der Waals surface area contributed by atoms with Gasteiger partial charge in [0.1, 0.15) is 0 Å². The Labute approximate surface area is 89.5 Å². The number of halogens is 1. The van der Waals surface area contributed by atoms with Crippen molar-refractivity contribution in [3.05, 3.63) is 0 Å². The van der Waals surface area contributed by atoms with Gasteiger partial charge >= 0.3 is 5.97 Å². The van der Waals surface area contributed by atoms with E-state index in [-0.39, 0.29) is 5.97 Å². The summed E-state index contributed by atoms with van der Waals surface area (Å²) in [5.41, 5.74) is 0. The van der Waals surface area contributed by atoms with Crippen molar-refractivity contribution >= 4 is 22.2 Å². The summed E-state index contributed by atoms with van der Waals surface area (Å²) >= 11 is 2.67. The molecule has 0 fully saturated rings. The Hall–Kier alpha value is -0.0500. The Morgan fingerprint density at radius 3 is 2.15 bits per heavy atom. The minimum absolute atomic E-state index is 0.159. The lowest BCUT2D eigenvalue weighted by Crippen LogP contribution is -1.95. The number of unbranched alkanes of at least 4 members (excludes halogenated alkanes) is 6. The summed E-state index contributed by atoms with van der Waals surface area (Å²) in [6.07, 6.45) is 9.15. The van der Waals surface area contributed by atoms with Crippen LogP contribution in [-0.2, 0) is 8.62 Å². The lowest BCUT2D eigenvalue weighted by atomic mass is 10.1. The second-order valence-corrected chi connectivity index (χ2v) is 3.64. The molecule has 0 heterocycles. The van der Waals surface area contributed by atoms with Crippen molar-refractivity contribution in [2.75, 3.05) is 0 Å². The molecule has 0 saturated heterocycles. The van der Waals surface area contributed by atoms with Gasteiger partial charge in [0.05, 0.1) is 0 Å². The van der Waals surface area contributed by atoms with Crippen LogP contribution in [0.5, 0.6) is 0 Å². The third-order valence-corrected chi connectivity index (χ3v) is 2.43. The maximum absolute atomic E-state index is 10.7. The monoisotopic (exact) mass is 250 g/mol.